The summed E-state index contributed by atoms with van der Waals surface area (Å²) in [5.41, 5.74) is 1.99. The van der Waals surface area contributed by atoms with E-state index in [0.29, 0.717) is 18.2 Å². The number of rotatable bonds is 4. The minimum absolute atomic E-state index is 0.340. The van der Waals surface area contributed by atoms with E-state index < -0.39 is 0 Å². The van der Waals surface area contributed by atoms with Crippen LogP contribution in [0.15, 0.2) is 60.7 Å². The molecule has 0 aliphatic rings. The summed E-state index contributed by atoms with van der Waals surface area (Å²) in [6.45, 7) is 0.536. The summed E-state index contributed by atoms with van der Waals surface area (Å²) in [5.74, 6) is 0.913. The maximum atomic E-state index is 11.1. The molecule has 0 fully saturated rings. The molecule has 3 aromatic rings. The van der Waals surface area contributed by atoms with Gasteiger partial charge in [-0.15, -0.1) is 0 Å². The van der Waals surface area contributed by atoms with Crippen molar-refractivity contribution in [3.05, 3.63) is 72.1 Å². The number of benzene rings is 2. The fourth-order valence-electron chi connectivity index (χ4n) is 2.02. The lowest BCUT2D eigenvalue weighted by Crippen LogP contribution is -2.06. The van der Waals surface area contributed by atoms with Gasteiger partial charge in [0.15, 0.2) is 17.9 Å². The van der Waals surface area contributed by atoms with Crippen molar-refractivity contribution in [2.45, 2.75) is 6.54 Å². The SMILES string of the molecule is O=Cc1nc(-c2ccccc2)nn1Cc1ccccc1. The quantitative estimate of drug-likeness (QED) is 0.680. The van der Waals surface area contributed by atoms with Crippen LogP contribution in [-0.2, 0) is 6.54 Å². The summed E-state index contributed by atoms with van der Waals surface area (Å²) in [7, 11) is 0. The lowest BCUT2D eigenvalue weighted by Gasteiger charge is -2.01. The molecule has 20 heavy (non-hydrogen) atoms. The Morgan fingerprint density at radius 1 is 0.950 bits per heavy atom. The van der Waals surface area contributed by atoms with Gasteiger partial charge in [-0.25, -0.2) is 9.67 Å². The van der Waals surface area contributed by atoms with E-state index in [4.69, 9.17) is 0 Å². The Morgan fingerprint density at radius 3 is 2.25 bits per heavy atom. The summed E-state index contributed by atoms with van der Waals surface area (Å²) < 4.78 is 1.63. The molecule has 1 heterocycles. The number of aromatic nitrogens is 3. The summed E-state index contributed by atoms with van der Waals surface area (Å²) >= 11 is 0. The predicted molar refractivity (Wildman–Crippen MR) is 76.4 cm³/mol. The highest BCUT2D eigenvalue weighted by Gasteiger charge is 2.10. The van der Waals surface area contributed by atoms with Crippen molar-refractivity contribution in [2.75, 3.05) is 0 Å². The van der Waals surface area contributed by atoms with Crippen LogP contribution in [-0.4, -0.2) is 21.1 Å². The molecule has 0 N–H and O–H groups in total. The van der Waals surface area contributed by atoms with Crippen molar-refractivity contribution < 1.29 is 4.79 Å². The smallest absolute Gasteiger partial charge is 0.192 e. The van der Waals surface area contributed by atoms with Gasteiger partial charge >= 0.3 is 0 Å². The van der Waals surface area contributed by atoms with Crippen molar-refractivity contribution in [2.24, 2.45) is 0 Å². The first-order chi connectivity index (χ1) is 9.86. The second-order valence-corrected chi connectivity index (χ2v) is 4.42. The van der Waals surface area contributed by atoms with Gasteiger partial charge in [0.25, 0.3) is 0 Å². The van der Waals surface area contributed by atoms with E-state index in [1.165, 1.54) is 0 Å². The lowest BCUT2D eigenvalue weighted by atomic mass is 10.2. The summed E-state index contributed by atoms with van der Waals surface area (Å²) in [6, 6.07) is 19.5. The molecule has 0 amide bonds. The molecule has 98 valence electrons. The van der Waals surface area contributed by atoms with Gasteiger partial charge in [0.05, 0.1) is 6.54 Å². The Hall–Kier alpha value is -2.75. The zero-order valence-corrected chi connectivity index (χ0v) is 10.8. The van der Waals surface area contributed by atoms with Gasteiger partial charge in [0.2, 0.25) is 0 Å². The van der Waals surface area contributed by atoms with Crippen LogP contribution in [0.5, 0.6) is 0 Å². The van der Waals surface area contributed by atoms with E-state index in [1.807, 2.05) is 60.7 Å². The van der Waals surface area contributed by atoms with Gasteiger partial charge in [-0.3, -0.25) is 4.79 Å². The van der Waals surface area contributed by atoms with Crippen LogP contribution < -0.4 is 0 Å². The average molecular weight is 263 g/mol. The van der Waals surface area contributed by atoms with E-state index in [0.717, 1.165) is 17.4 Å². The van der Waals surface area contributed by atoms with Gasteiger partial charge < -0.3 is 0 Å². The first-order valence-electron chi connectivity index (χ1n) is 6.36. The molecule has 0 saturated carbocycles. The number of hydrogen-bond acceptors (Lipinski definition) is 3. The number of nitrogens with zero attached hydrogens (tertiary/aromatic N) is 3. The van der Waals surface area contributed by atoms with E-state index in [9.17, 15) is 4.79 Å². The Balaban J connectivity index is 1.95. The number of hydrogen-bond donors (Lipinski definition) is 0. The zero-order chi connectivity index (χ0) is 13.8. The fourth-order valence-corrected chi connectivity index (χ4v) is 2.02. The van der Waals surface area contributed by atoms with Gasteiger partial charge in [-0.05, 0) is 5.56 Å². The minimum Gasteiger partial charge on any atom is -0.294 e. The first kappa shape index (κ1) is 12.3. The molecule has 2 aromatic carbocycles. The second kappa shape index (κ2) is 5.48. The van der Waals surface area contributed by atoms with Crippen molar-refractivity contribution in [1.82, 2.24) is 14.8 Å². The van der Waals surface area contributed by atoms with Crippen LogP contribution in [0.25, 0.3) is 11.4 Å². The Kier molecular flexibility index (Phi) is 3.37. The van der Waals surface area contributed by atoms with Gasteiger partial charge in [-0.2, -0.15) is 5.10 Å². The normalized spacial score (nSPS) is 10.4. The van der Waals surface area contributed by atoms with Crippen molar-refractivity contribution in [3.63, 3.8) is 0 Å². The Labute approximate surface area is 116 Å². The van der Waals surface area contributed by atoms with E-state index >= 15 is 0 Å². The van der Waals surface area contributed by atoms with Crippen molar-refractivity contribution in [1.29, 1.82) is 0 Å². The van der Waals surface area contributed by atoms with Crippen LogP contribution in [0.2, 0.25) is 0 Å². The van der Waals surface area contributed by atoms with Gasteiger partial charge in [-0.1, -0.05) is 60.7 Å². The summed E-state index contributed by atoms with van der Waals surface area (Å²) in [4.78, 5) is 15.4. The summed E-state index contributed by atoms with van der Waals surface area (Å²) in [6.07, 6.45) is 0.738. The Bertz CT molecular complexity index is 705. The first-order valence-corrected chi connectivity index (χ1v) is 6.36. The van der Waals surface area contributed by atoms with Gasteiger partial charge in [0, 0.05) is 5.56 Å². The highest BCUT2D eigenvalue weighted by molar-refractivity contribution is 5.71. The largest absolute Gasteiger partial charge is 0.294 e. The highest BCUT2D eigenvalue weighted by atomic mass is 16.1. The third kappa shape index (κ3) is 2.49. The van der Waals surface area contributed by atoms with Crippen molar-refractivity contribution in [3.8, 4) is 11.4 Å². The Morgan fingerprint density at radius 2 is 1.60 bits per heavy atom. The van der Waals surface area contributed by atoms with Crippen LogP contribution in [0.1, 0.15) is 16.2 Å². The third-order valence-electron chi connectivity index (χ3n) is 3.01. The molecule has 0 spiro atoms. The minimum atomic E-state index is 0.340. The molecular weight excluding hydrogens is 250 g/mol. The van der Waals surface area contributed by atoms with Gasteiger partial charge in [0.1, 0.15) is 0 Å². The molecular formula is C16H13N3O. The summed E-state index contributed by atoms with van der Waals surface area (Å²) in [5, 5.41) is 4.42. The van der Waals surface area contributed by atoms with E-state index in [2.05, 4.69) is 10.1 Å². The number of aldehydes is 1. The molecule has 0 saturated heterocycles. The third-order valence-corrected chi connectivity index (χ3v) is 3.01. The lowest BCUT2D eigenvalue weighted by molar-refractivity contribution is 0.111. The van der Waals surface area contributed by atoms with Crippen LogP contribution in [0.4, 0.5) is 0 Å². The predicted octanol–water partition coefficient (Wildman–Crippen LogP) is 2.81. The molecule has 0 aliphatic carbocycles. The molecule has 0 unspecified atom stereocenters. The monoisotopic (exact) mass is 263 g/mol. The fraction of sp³-hybridized carbons (Fsp3) is 0.0625. The van der Waals surface area contributed by atoms with E-state index in [1.54, 1.807) is 4.68 Å². The topological polar surface area (TPSA) is 47.8 Å². The van der Waals surface area contributed by atoms with Crippen LogP contribution >= 0.6 is 0 Å². The van der Waals surface area contributed by atoms with E-state index in [-0.39, 0.29) is 0 Å². The van der Waals surface area contributed by atoms with Crippen LogP contribution in [0, 0.1) is 0 Å². The maximum absolute atomic E-state index is 11.1. The zero-order valence-electron chi connectivity index (χ0n) is 10.8. The molecule has 4 nitrogen and oxygen atoms in total. The average Bonchev–Trinajstić information content (AvgIpc) is 2.92. The molecule has 0 radical (unpaired) electrons. The molecule has 0 bridgehead atoms. The van der Waals surface area contributed by atoms with Crippen molar-refractivity contribution >= 4 is 6.29 Å². The molecule has 3 rings (SSSR count). The molecule has 1 aromatic heterocycles. The molecule has 0 aliphatic heterocycles. The molecule has 4 heteroatoms. The highest BCUT2D eigenvalue weighted by Crippen LogP contribution is 2.15. The standard InChI is InChI=1S/C16H13N3O/c20-12-15-17-16(14-9-5-2-6-10-14)18-19(15)11-13-7-3-1-4-8-13/h1-10,12H,11H2. The second-order valence-electron chi connectivity index (χ2n) is 4.42. The molecule has 0 atom stereocenters. The number of carbonyl (C=O) groups is 1. The van der Waals surface area contributed by atoms with Crippen LogP contribution in [0.3, 0.4) is 0 Å². The maximum Gasteiger partial charge on any atom is 0.192 e. The number of carbonyl (C=O) groups excluding carboxylic acids is 1.